The number of hydrogen-bond acceptors (Lipinski definition) is 3. The van der Waals surface area contributed by atoms with Crippen molar-refractivity contribution < 1.29 is 4.74 Å². The minimum absolute atomic E-state index is 0.164. The summed E-state index contributed by atoms with van der Waals surface area (Å²) in [7, 11) is 1.90. The topological polar surface area (TPSA) is 53.1 Å². The lowest BCUT2D eigenvalue weighted by molar-refractivity contribution is 0.107. The van der Waals surface area contributed by atoms with Gasteiger partial charge in [0.15, 0.2) is 0 Å². The van der Waals surface area contributed by atoms with Crippen molar-refractivity contribution in [3.63, 3.8) is 0 Å². The van der Waals surface area contributed by atoms with Crippen LogP contribution in [0.2, 0.25) is 0 Å². The Morgan fingerprint density at radius 2 is 2.31 bits per heavy atom. The first-order chi connectivity index (χ1) is 7.59. The predicted octanol–water partition coefficient (Wildman–Crippen LogP) is 2.05. The number of rotatable bonds is 3. The van der Waals surface area contributed by atoms with E-state index in [0.29, 0.717) is 5.92 Å². The second-order valence-corrected chi connectivity index (χ2v) is 4.97. The maximum absolute atomic E-state index is 6.06. The Labute approximate surface area is 96.8 Å². The molecule has 1 aromatic heterocycles. The predicted molar refractivity (Wildman–Crippen MR) is 64.1 cm³/mol. The van der Waals surface area contributed by atoms with Crippen LogP contribution in [-0.4, -0.2) is 16.4 Å². The Morgan fingerprint density at radius 3 is 2.88 bits per heavy atom. The van der Waals surface area contributed by atoms with Gasteiger partial charge in [-0.15, -0.1) is 0 Å². The third-order valence-corrected chi connectivity index (χ3v) is 3.07. The van der Waals surface area contributed by atoms with Crippen molar-refractivity contribution in [2.24, 2.45) is 13.0 Å². The summed E-state index contributed by atoms with van der Waals surface area (Å²) < 4.78 is 7.47. The number of hydrogen-bond donors (Lipinski definition) is 1. The molecule has 1 fully saturated rings. The molecule has 1 saturated heterocycles. The average Bonchev–Trinajstić information content (AvgIpc) is 2.81. The minimum atomic E-state index is 0.164. The molecule has 0 aromatic carbocycles. The van der Waals surface area contributed by atoms with Crippen molar-refractivity contribution in [2.75, 3.05) is 12.3 Å². The highest BCUT2D eigenvalue weighted by Crippen LogP contribution is 2.33. The van der Waals surface area contributed by atoms with E-state index >= 15 is 0 Å². The highest BCUT2D eigenvalue weighted by Gasteiger charge is 2.26. The summed E-state index contributed by atoms with van der Waals surface area (Å²) >= 11 is 0. The molecule has 1 atom stereocenters. The molecule has 16 heavy (non-hydrogen) atoms. The average molecular weight is 223 g/mol. The molecule has 1 unspecified atom stereocenters. The Hall–Kier alpha value is -1.03. The van der Waals surface area contributed by atoms with E-state index in [0.717, 1.165) is 37.4 Å². The summed E-state index contributed by atoms with van der Waals surface area (Å²) in [6.45, 7) is 5.25. The first-order valence-electron chi connectivity index (χ1n) is 6.02. The maximum atomic E-state index is 6.06. The van der Waals surface area contributed by atoms with Crippen LogP contribution in [0.1, 0.15) is 44.1 Å². The van der Waals surface area contributed by atoms with E-state index < -0.39 is 0 Å². The summed E-state index contributed by atoms with van der Waals surface area (Å²) in [6, 6.07) is 0. The molecule has 2 rings (SSSR count). The molecular formula is C12H21N3O. The molecule has 0 amide bonds. The van der Waals surface area contributed by atoms with Crippen molar-refractivity contribution in [3.8, 4) is 0 Å². The summed E-state index contributed by atoms with van der Waals surface area (Å²) in [5.41, 5.74) is 8.31. The molecule has 0 aliphatic carbocycles. The maximum Gasteiger partial charge on any atom is 0.124 e. The summed E-state index contributed by atoms with van der Waals surface area (Å²) in [6.07, 6.45) is 3.34. The molecule has 4 nitrogen and oxygen atoms in total. The van der Waals surface area contributed by atoms with Crippen molar-refractivity contribution in [1.29, 1.82) is 0 Å². The number of ether oxygens (including phenoxy) is 1. The molecule has 90 valence electrons. The molecule has 4 heteroatoms. The van der Waals surface area contributed by atoms with Crippen LogP contribution >= 0.6 is 0 Å². The first-order valence-corrected chi connectivity index (χ1v) is 6.02. The van der Waals surface area contributed by atoms with Crippen LogP contribution in [0.4, 0.5) is 5.82 Å². The molecule has 1 aromatic rings. The van der Waals surface area contributed by atoms with Crippen LogP contribution in [0, 0.1) is 5.92 Å². The second kappa shape index (κ2) is 4.45. The molecule has 1 aliphatic heterocycles. The molecule has 1 aliphatic rings. The molecule has 2 N–H and O–H groups in total. The first kappa shape index (κ1) is 11.5. The number of nitrogens with zero attached hydrogens (tertiary/aromatic N) is 2. The van der Waals surface area contributed by atoms with Gasteiger partial charge in [0.1, 0.15) is 11.9 Å². The zero-order chi connectivity index (χ0) is 11.7. The largest absolute Gasteiger partial charge is 0.384 e. The fraction of sp³-hybridized carbons (Fsp3) is 0.750. The van der Waals surface area contributed by atoms with Crippen molar-refractivity contribution >= 4 is 5.82 Å². The van der Waals surface area contributed by atoms with Gasteiger partial charge in [0.2, 0.25) is 0 Å². The second-order valence-electron chi connectivity index (χ2n) is 4.97. The van der Waals surface area contributed by atoms with Gasteiger partial charge in [0, 0.05) is 19.2 Å². The van der Waals surface area contributed by atoms with E-state index in [1.54, 1.807) is 4.68 Å². The minimum Gasteiger partial charge on any atom is -0.384 e. The van der Waals surface area contributed by atoms with Gasteiger partial charge in [0.05, 0.1) is 5.69 Å². The van der Waals surface area contributed by atoms with Gasteiger partial charge in [-0.05, 0) is 25.2 Å². The highest BCUT2D eigenvalue weighted by molar-refractivity contribution is 5.44. The summed E-state index contributed by atoms with van der Waals surface area (Å²) in [4.78, 5) is 0. The van der Waals surface area contributed by atoms with E-state index in [-0.39, 0.29) is 6.10 Å². The van der Waals surface area contributed by atoms with E-state index in [1.807, 2.05) is 7.05 Å². The highest BCUT2D eigenvalue weighted by atomic mass is 16.5. The molecule has 2 heterocycles. The van der Waals surface area contributed by atoms with Crippen LogP contribution in [0.15, 0.2) is 0 Å². The lowest BCUT2D eigenvalue weighted by atomic mass is 9.99. The van der Waals surface area contributed by atoms with Gasteiger partial charge in [0.25, 0.3) is 0 Å². The van der Waals surface area contributed by atoms with Gasteiger partial charge in [-0.1, -0.05) is 13.8 Å². The van der Waals surface area contributed by atoms with Gasteiger partial charge >= 0.3 is 0 Å². The number of nitrogens with two attached hydrogens (primary N) is 1. The van der Waals surface area contributed by atoms with Crippen LogP contribution in [0.3, 0.4) is 0 Å². The van der Waals surface area contributed by atoms with Crippen molar-refractivity contribution in [3.05, 3.63) is 11.3 Å². The zero-order valence-electron chi connectivity index (χ0n) is 10.4. The standard InChI is InChI=1S/C12H21N3O/c1-8(2)7-9-11(10-5-4-6-16-10)14-15(3)12(9)13/h8,10H,4-7,13H2,1-3H3. The van der Waals surface area contributed by atoms with E-state index in [9.17, 15) is 0 Å². The third kappa shape index (κ3) is 2.07. The summed E-state index contributed by atoms with van der Waals surface area (Å²) in [5, 5.41) is 4.51. The van der Waals surface area contributed by atoms with Crippen molar-refractivity contribution in [1.82, 2.24) is 9.78 Å². The molecule has 0 spiro atoms. The van der Waals surface area contributed by atoms with E-state index in [2.05, 4.69) is 18.9 Å². The Kier molecular flexibility index (Phi) is 3.19. The smallest absolute Gasteiger partial charge is 0.124 e. The lowest BCUT2D eigenvalue weighted by Gasteiger charge is -2.10. The monoisotopic (exact) mass is 223 g/mol. The van der Waals surface area contributed by atoms with Crippen LogP contribution in [0.25, 0.3) is 0 Å². The number of anilines is 1. The molecular weight excluding hydrogens is 202 g/mol. The van der Waals surface area contributed by atoms with Crippen LogP contribution < -0.4 is 5.73 Å². The van der Waals surface area contributed by atoms with Crippen molar-refractivity contribution in [2.45, 2.75) is 39.2 Å². The van der Waals surface area contributed by atoms with E-state index in [1.165, 1.54) is 5.56 Å². The fourth-order valence-corrected chi connectivity index (χ4v) is 2.27. The SMILES string of the molecule is CC(C)Cc1c(C2CCCO2)nn(C)c1N. The number of nitrogen functional groups attached to an aromatic ring is 1. The van der Waals surface area contributed by atoms with E-state index in [4.69, 9.17) is 10.5 Å². The van der Waals surface area contributed by atoms with Gasteiger partial charge in [-0.3, -0.25) is 4.68 Å². The molecule has 0 bridgehead atoms. The number of aryl methyl sites for hydroxylation is 1. The molecule has 0 radical (unpaired) electrons. The number of aromatic nitrogens is 2. The Bertz CT molecular complexity index is 365. The summed E-state index contributed by atoms with van der Waals surface area (Å²) in [5.74, 6) is 1.38. The van der Waals surface area contributed by atoms with Gasteiger partial charge < -0.3 is 10.5 Å². The zero-order valence-corrected chi connectivity index (χ0v) is 10.4. The Balaban J connectivity index is 2.31. The molecule has 0 saturated carbocycles. The fourth-order valence-electron chi connectivity index (χ4n) is 2.27. The third-order valence-electron chi connectivity index (χ3n) is 3.07. The van der Waals surface area contributed by atoms with Gasteiger partial charge in [-0.2, -0.15) is 5.10 Å². The van der Waals surface area contributed by atoms with Crippen LogP contribution in [0.5, 0.6) is 0 Å². The van der Waals surface area contributed by atoms with Crippen LogP contribution in [-0.2, 0) is 18.2 Å². The lowest BCUT2D eigenvalue weighted by Crippen LogP contribution is -2.04. The Morgan fingerprint density at radius 1 is 1.56 bits per heavy atom. The quantitative estimate of drug-likeness (QED) is 0.853. The normalized spacial score (nSPS) is 20.9. The van der Waals surface area contributed by atoms with Gasteiger partial charge in [-0.25, -0.2) is 0 Å².